The van der Waals surface area contributed by atoms with Crippen molar-refractivity contribution in [2.24, 2.45) is 5.92 Å². The van der Waals surface area contributed by atoms with Gasteiger partial charge in [0.2, 0.25) is 0 Å². The second-order valence-electron chi connectivity index (χ2n) is 3.96. The molecule has 3 rings (SSSR count). The smallest absolute Gasteiger partial charge is 0.00154 e. The van der Waals surface area contributed by atoms with E-state index < -0.39 is 0 Å². The monoisotopic (exact) mass is 144 g/mol. The molecule has 0 nitrogen and oxygen atoms in total. The van der Waals surface area contributed by atoms with E-state index in [0.29, 0.717) is 5.41 Å². The highest BCUT2D eigenvalue weighted by atomic mass is 14.6. The maximum absolute atomic E-state index is 2.29. The molecule has 0 aliphatic heterocycles. The average Bonchev–Trinajstić information content (AvgIpc) is 2.57. The van der Waals surface area contributed by atoms with Gasteiger partial charge in [-0.1, -0.05) is 30.3 Å². The first-order chi connectivity index (χ1) is 5.42. The van der Waals surface area contributed by atoms with Crippen LogP contribution in [-0.4, -0.2) is 0 Å². The Balaban J connectivity index is 2.01. The highest BCUT2D eigenvalue weighted by molar-refractivity contribution is 5.37. The molecular formula is C11H12. The topological polar surface area (TPSA) is 0 Å². The number of fused-ring (bicyclic) bond motifs is 1. The minimum Gasteiger partial charge on any atom is -0.0622 e. The molecule has 2 saturated carbocycles. The van der Waals surface area contributed by atoms with Gasteiger partial charge in [-0.25, -0.2) is 0 Å². The third-order valence-corrected chi connectivity index (χ3v) is 3.52. The van der Waals surface area contributed by atoms with E-state index in [1.54, 1.807) is 5.56 Å². The van der Waals surface area contributed by atoms with Crippen molar-refractivity contribution in [2.75, 3.05) is 0 Å². The highest BCUT2D eigenvalue weighted by Crippen LogP contribution is 2.68. The molecule has 2 atom stereocenters. The minimum atomic E-state index is 0.682. The van der Waals surface area contributed by atoms with Crippen LogP contribution in [0.3, 0.4) is 0 Å². The fourth-order valence-corrected chi connectivity index (χ4v) is 2.55. The lowest BCUT2D eigenvalue weighted by molar-refractivity contribution is 0.400. The average molecular weight is 144 g/mol. The van der Waals surface area contributed by atoms with Gasteiger partial charge in [0.05, 0.1) is 0 Å². The largest absolute Gasteiger partial charge is 0.0622 e. The molecule has 0 N–H and O–H groups in total. The van der Waals surface area contributed by atoms with Crippen LogP contribution in [0.5, 0.6) is 0 Å². The van der Waals surface area contributed by atoms with E-state index in [0.717, 1.165) is 5.92 Å². The molecule has 0 radical (unpaired) electrons. The molecule has 0 heterocycles. The summed E-state index contributed by atoms with van der Waals surface area (Å²) in [5, 5.41) is 0. The second kappa shape index (κ2) is 1.69. The predicted octanol–water partition coefficient (Wildman–Crippen LogP) is 2.74. The first-order valence-corrected chi connectivity index (χ1v) is 4.47. The fraction of sp³-hybridized carbons (Fsp3) is 0.455. The van der Waals surface area contributed by atoms with Crippen LogP contribution < -0.4 is 0 Å². The summed E-state index contributed by atoms with van der Waals surface area (Å²) < 4.78 is 0. The van der Waals surface area contributed by atoms with E-state index >= 15 is 0 Å². The summed E-state index contributed by atoms with van der Waals surface area (Å²) >= 11 is 0. The Bertz CT molecular complexity index is 271. The van der Waals surface area contributed by atoms with Gasteiger partial charge in [-0.15, -0.1) is 0 Å². The van der Waals surface area contributed by atoms with E-state index in [4.69, 9.17) is 0 Å². The quantitative estimate of drug-likeness (QED) is 0.568. The molecule has 0 heteroatoms. The van der Waals surface area contributed by atoms with Gasteiger partial charge in [-0.2, -0.15) is 0 Å². The third-order valence-electron chi connectivity index (χ3n) is 3.52. The molecule has 0 unspecified atom stereocenters. The standard InChI is InChI=1S/C11H12/c1-2-4-9(5-3-1)11-7-6-10(11)8-11/h1-5,10H,6-8H2/t10-,11+/m1/s1. The number of hydrogen-bond acceptors (Lipinski definition) is 0. The Kier molecular flexibility index (Phi) is 0.892. The van der Waals surface area contributed by atoms with E-state index in [9.17, 15) is 0 Å². The number of benzene rings is 1. The summed E-state index contributed by atoms with van der Waals surface area (Å²) in [4.78, 5) is 0. The van der Waals surface area contributed by atoms with Gasteiger partial charge in [0.25, 0.3) is 0 Å². The van der Waals surface area contributed by atoms with Crippen LogP contribution in [0, 0.1) is 5.92 Å². The predicted molar refractivity (Wildman–Crippen MR) is 45.5 cm³/mol. The maximum atomic E-state index is 2.29. The van der Waals surface area contributed by atoms with Crippen molar-refractivity contribution in [3.05, 3.63) is 35.9 Å². The summed E-state index contributed by atoms with van der Waals surface area (Å²) in [7, 11) is 0. The summed E-state index contributed by atoms with van der Waals surface area (Å²) in [6, 6.07) is 11.0. The Morgan fingerprint density at radius 1 is 1.18 bits per heavy atom. The molecule has 1 aromatic carbocycles. The molecule has 0 saturated heterocycles. The molecular weight excluding hydrogens is 132 g/mol. The van der Waals surface area contributed by atoms with Crippen molar-refractivity contribution >= 4 is 0 Å². The summed E-state index contributed by atoms with van der Waals surface area (Å²) in [6.45, 7) is 0. The molecule has 2 aliphatic carbocycles. The zero-order valence-corrected chi connectivity index (χ0v) is 6.59. The molecule has 11 heavy (non-hydrogen) atoms. The van der Waals surface area contributed by atoms with Gasteiger partial charge in [0, 0.05) is 0 Å². The summed E-state index contributed by atoms with van der Waals surface area (Å²) in [5.41, 5.74) is 2.28. The van der Waals surface area contributed by atoms with Crippen molar-refractivity contribution in [1.82, 2.24) is 0 Å². The van der Waals surface area contributed by atoms with Crippen molar-refractivity contribution in [1.29, 1.82) is 0 Å². The Morgan fingerprint density at radius 3 is 2.45 bits per heavy atom. The summed E-state index contributed by atoms with van der Waals surface area (Å²) in [6.07, 6.45) is 4.40. The minimum absolute atomic E-state index is 0.682. The lowest BCUT2D eigenvalue weighted by Crippen LogP contribution is -2.18. The van der Waals surface area contributed by atoms with Gasteiger partial charge >= 0.3 is 0 Å². The number of hydrogen-bond donors (Lipinski definition) is 0. The Labute approximate surface area is 67.2 Å². The van der Waals surface area contributed by atoms with Crippen molar-refractivity contribution in [3.8, 4) is 0 Å². The fourth-order valence-electron chi connectivity index (χ4n) is 2.55. The van der Waals surface area contributed by atoms with Crippen LogP contribution in [0.4, 0.5) is 0 Å². The van der Waals surface area contributed by atoms with E-state index in [-0.39, 0.29) is 0 Å². The van der Waals surface area contributed by atoms with Crippen molar-refractivity contribution in [2.45, 2.75) is 24.7 Å². The lowest BCUT2D eigenvalue weighted by atomic mass is 9.79. The zero-order valence-electron chi connectivity index (χ0n) is 6.59. The van der Waals surface area contributed by atoms with E-state index in [2.05, 4.69) is 30.3 Å². The normalized spacial score (nSPS) is 39.1. The Morgan fingerprint density at radius 2 is 2.00 bits per heavy atom. The molecule has 2 fully saturated rings. The van der Waals surface area contributed by atoms with Gasteiger partial charge in [0.15, 0.2) is 0 Å². The van der Waals surface area contributed by atoms with Gasteiger partial charge in [-0.3, -0.25) is 0 Å². The number of rotatable bonds is 1. The first kappa shape index (κ1) is 5.82. The van der Waals surface area contributed by atoms with Gasteiger partial charge in [0.1, 0.15) is 0 Å². The molecule has 1 aromatic rings. The van der Waals surface area contributed by atoms with Crippen LogP contribution in [-0.2, 0) is 5.41 Å². The second-order valence-corrected chi connectivity index (χ2v) is 3.96. The van der Waals surface area contributed by atoms with Crippen LogP contribution in [0.25, 0.3) is 0 Å². The van der Waals surface area contributed by atoms with Crippen molar-refractivity contribution < 1.29 is 0 Å². The SMILES string of the molecule is c1ccc([C@@]23CC[C@@H]2C3)cc1. The molecule has 56 valence electrons. The zero-order chi connectivity index (χ0) is 7.31. The van der Waals surface area contributed by atoms with Crippen LogP contribution in [0.1, 0.15) is 24.8 Å². The van der Waals surface area contributed by atoms with E-state index in [1.165, 1.54) is 19.3 Å². The molecule has 0 bridgehead atoms. The Hall–Kier alpha value is -0.780. The highest BCUT2D eigenvalue weighted by Gasteiger charge is 2.61. The summed E-state index contributed by atoms with van der Waals surface area (Å²) in [5.74, 6) is 1.06. The van der Waals surface area contributed by atoms with Gasteiger partial charge < -0.3 is 0 Å². The third kappa shape index (κ3) is 0.604. The molecule has 0 amide bonds. The van der Waals surface area contributed by atoms with Crippen LogP contribution in [0.15, 0.2) is 30.3 Å². The maximum Gasteiger partial charge on any atom is -0.00154 e. The van der Waals surface area contributed by atoms with Crippen LogP contribution in [0.2, 0.25) is 0 Å². The van der Waals surface area contributed by atoms with E-state index in [1.807, 2.05) is 0 Å². The first-order valence-electron chi connectivity index (χ1n) is 4.47. The lowest BCUT2D eigenvalue weighted by Gasteiger charge is -2.25. The van der Waals surface area contributed by atoms with Crippen molar-refractivity contribution in [3.63, 3.8) is 0 Å². The van der Waals surface area contributed by atoms with Crippen LogP contribution >= 0.6 is 0 Å². The molecule has 0 spiro atoms. The van der Waals surface area contributed by atoms with Gasteiger partial charge in [-0.05, 0) is 36.2 Å². The molecule has 2 aliphatic rings. The molecule has 0 aromatic heterocycles.